The number of aromatic nitrogens is 2. The number of hydrogen-bond acceptors (Lipinski definition) is 6. The Kier molecular flexibility index (Phi) is 4.71. The van der Waals surface area contributed by atoms with E-state index in [2.05, 4.69) is 9.97 Å². The van der Waals surface area contributed by atoms with Crippen LogP contribution in [0.15, 0.2) is 42.7 Å². The summed E-state index contributed by atoms with van der Waals surface area (Å²) in [6.07, 6.45) is -2.32. The Bertz CT molecular complexity index is 1280. The molecule has 2 atom stereocenters. The van der Waals surface area contributed by atoms with Gasteiger partial charge in [0.15, 0.2) is 5.69 Å². The third kappa shape index (κ3) is 4.94. The average molecular weight is 495 g/mol. The highest BCUT2D eigenvalue weighted by atomic mass is 19.4. The quantitative estimate of drug-likeness (QED) is 0.635. The smallest absolute Gasteiger partial charge is 0.434 e. The van der Waals surface area contributed by atoms with Gasteiger partial charge in [0.25, 0.3) is 0 Å². The number of alkyl halides is 3. The van der Waals surface area contributed by atoms with Crippen molar-refractivity contribution in [3.05, 3.63) is 53.9 Å². The van der Waals surface area contributed by atoms with Gasteiger partial charge in [0.05, 0.1) is 16.5 Å². The van der Waals surface area contributed by atoms with E-state index in [1.54, 1.807) is 9.80 Å². The number of rotatable bonds is 4. The maximum Gasteiger partial charge on any atom is 0.434 e. The number of amides is 1. The largest absolute Gasteiger partial charge is 0.446 e. The van der Waals surface area contributed by atoms with Gasteiger partial charge in [-0.15, -0.1) is 0 Å². The molecule has 1 amide bonds. The maximum atomic E-state index is 13.0. The van der Waals surface area contributed by atoms with Gasteiger partial charge < -0.3 is 14.5 Å². The third-order valence-electron chi connectivity index (χ3n) is 6.97. The van der Waals surface area contributed by atoms with Crippen LogP contribution in [0, 0.1) is 5.41 Å². The molecule has 3 fully saturated rings. The van der Waals surface area contributed by atoms with Crippen LogP contribution < -0.4 is 4.90 Å². The number of nitrogens with zero attached hydrogens (tertiary/aromatic N) is 5. The van der Waals surface area contributed by atoms with Crippen molar-refractivity contribution in [3.8, 4) is 0 Å². The van der Waals surface area contributed by atoms with Gasteiger partial charge >= 0.3 is 12.3 Å². The summed E-state index contributed by atoms with van der Waals surface area (Å²) in [6.45, 7) is 3.27. The third-order valence-corrected chi connectivity index (χ3v) is 6.97. The van der Waals surface area contributed by atoms with Crippen LogP contribution in [0.2, 0.25) is 0 Å². The van der Waals surface area contributed by atoms with Gasteiger partial charge in [0.1, 0.15) is 11.9 Å². The van der Waals surface area contributed by atoms with Crippen LogP contribution in [-0.4, -0.2) is 70.2 Å². The monoisotopic (exact) mass is 494 g/mol. The minimum absolute atomic E-state index is 0.0650. The minimum Gasteiger partial charge on any atom is -0.446 e. The van der Waals surface area contributed by atoms with Crippen molar-refractivity contribution < 1.29 is 29.6 Å². The maximum absolute atomic E-state index is 13.0. The van der Waals surface area contributed by atoms with Gasteiger partial charge in [0.2, 0.25) is 0 Å². The van der Waals surface area contributed by atoms with Crippen molar-refractivity contribution in [2.75, 3.05) is 31.1 Å². The number of hydrogen-bond donors (Lipinski definition) is 0. The predicted molar refractivity (Wildman–Crippen MR) is 124 cm³/mol. The van der Waals surface area contributed by atoms with E-state index in [0.29, 0.717) is 51.0 Å². The Balaban J connectivity index is 1.13. The zero-order valence-electron chi connectivity index (χ0n) is 24.5. The zero-order chi connectivity index (χ0) is 29.2. The SMILES string of the molecule is [2H]c1ccc(C([2H])([2H])N2CC3(CC(OC(=O)N4C[C@H](C)N(c5cnc(C(F)(F)F)cn5)C[C@H]4C)C3)C2)c([2H])c1[2H]. The number of carbonyl (C=O) groups excluding carboxylic acids is 1. The molecule has 188 valence electrons. The first-order chi connectivity index (χ1) is 18.6. The first-order valence-electron chi connectivity index (χ1n) is 14.1. The Labute approximate surface area is 209 Å². The van der Waals surface area contributed by atoms with Crippen LogP contribution in [-0.2, 0) is 17.4 Å². The molecule has 3 heterocycles. The second-order valence-electron chi connectivity index (χ2n) is 9.78. The second-order valence-corrected chi connectivity index (χ2v) is 9.78. The highest BCUT2D eigenvalue weighted by molar-refractivity contribution is 5.69. The molecule has 1 aromatic heterocycles. The molecule has 0 N–H and O–H groups in total. The lowest BCUT2D eigenvalue weighted by molar-refractivity contribution is -0.141. The fraction of sp³-hybridized carbons (Fsp3) is 0.560. The van der Waals surface area contributed by atoms with Crippen LogP contribution in [0.4, 0.5) is 23.8 Å². The molecule has 0 bridgehead atoms. The number of anilines is 1. The fourth-order valence-corrected chi connectivity index (χ4v) is 5.16. The topological polar surface area (TPSA) is 61.8 Å². The Morgan fingerprint density at radius 3 is 2.66 bits per heavy atom. The molecule has 2 aliphatic heterocycles. The number of ether oxygens (including phenoxy) is 1. The summed E-state index contributed by atoms with van der Waals surface area (Å²) in [5.41, 5.74) is -1.16. The molecule has 10 heteroatoms. The van der Waals surface area contributed by atoms with Gasteiger partial charge in [-0.3, -0.25) is 4.90 Å². The van der Waals surface area contributed by atoms with E-state index < -0.39 is 24.5 Å². The van der Waals surface area contributed by atoms with Crippen molar-refractivity contribution in [1.29, 1.82) is 0 Å². The average Bonchev–Trinajstić information content (AvgIpc) is 2.83. The lowest BCUT2D eigenvalue weighted by Gasteiger charge is -2.58. The van der Waals surface area contributed by atoms with Crippen LogP contribution >= 0.6 is 0 Å². The molecule has 0 unspecified atom stereocenters. The molecule has 1 aliphatic carbocycles. The second kappa shape index (κ2) is 8.96. The first-order valence-corrected chi connectivity index (χ1v) is 11.6. The van der Waals surface area contributed by atoms with Crippen molar-refractivity contribution in [3.63, 3.8) is 0 Å². The van der Waals surface area contributed by atoms with E-state index in [9.17, 15) is 18.0 Å². The molecule has 0 radical (unpaired) electrons. The van der Waals surface area contributed by atoms with E-state index in [-0.39, 0.29) is 47.3 Å². The van der Waals surface area contributed by atoms with Gasteiger partial charge in [0, 0.05) is 52.9 Å². The summed E-state index contributed by atoms with van der Waals surface area (Å²) in [6, 6.07) is 1.53. The summed E-state index contributed by atoms with van der Waals surface area (Å²) in [4.78, 5) is 25.4. The Hall–Kier alpha value is -2.88. The number of halogens is 3. The first kappa shape index (κ1) is 18.4. The lowest BCUT2D eigenvalue weighted by atomic mass is 9.61. The molecular formula is C25H30F3N5O2. The highest BCUT2D eigenvalue weighted by Gasteiger charge is 2.54. The summed E-state index contributed by atoms with van der Waals surface area (Å²) < 4.78 is 84.9. The van der Waals surface area contributed by atoms with Crippen LogP contribution in [0.1, 0.15) is 44.8 Å². The van der Waals surface area contributed by atoms with Gasteiger partial charge in [-0.2, -0.15) is 13.2 Å². The number of benzene rings is 1. The minimum atomic E-state index is -4.57. The van der Waals surface area contributed by atoms with Crippen LogP contribution in [0.25, 0.3) is 0 Å². The van der Waals surface area contributed by atoms with E-state index >= 15 is 0 Å². The van der Waals surface area contributed by atoms with E-state index in [1.807, 2.05) is 18.7 Å². The van der Waals surface area contributed by atoms with E-state index in [4.69, 9.17) is 11.6 Å². The van der Waals surface area contributed by atoms with Crippen LogP contribution in [0.5, 0.6) is 0 Å². The van der Waals surface area contributed by atoms with E-state index in [0.717, 1.165) is 6.20 Å². The summed E-state index contributed by atoms with van der Waals surface area (Å²) >= 11 is 0. The van der Waals surface area contributed by atoms with Gasteiger partial charge in [-0.1, -0.05) is 30.3 Å². The zero-order valence-corrected chi connectivity index (χ0v) is 19.5. The molecular weight excluding hydrogens is 459 g/mol. The van der Waals surface area contributed by atoms with Crippen LogP contribution in [0.3, 0.4) is 0 Å². The molecule has 3 aliphatic rings. The highest BCUT2D eigenvalue weighted by Crippen LogP contribution is 2.50. The Morgan fingerprint density at radius 1 is 1.20 bits per heavy atom. The number of carbonyl (C=O) groups is 1. The molecule has 35 heavy (non-hydrogen) atoms. The number of piperazine rings is 1. The van der Waals surface area contributed by atoms with Crippen molar-refractivity contribution in [1.82, 2.24) is 19.8 Å². The molecule has 1 saturated carbocycles. The summed E-state index contributed by atoms with van der Waals surface area (Å²) in [7, 11) is 0. The molecule has 1 spiro atoms. The van der Waals surface area contributed by atoms with Gasteiger partial charge in [-0.25, -0.2) is 14.8 Å². The molecule has 5 rings (SSSR count). The number of likely N-dealkylation sites (tertiary alicyclic amines) is 1. The lowest BCUT2D eigenvalue weighted by Crippen LogP contribution is -2.64. The van der Waals surface area contributed by atoms with Gasteiger partial charge in [-0.05, 0) is 32.3 Å². The molecule has 2 saturated heterocycles. The normalized spacial score (nSPS) is 27.2. The molecule has 2 aromatic rings. The Morgan fingerprint density at radius 2 is 1.97 bits per heavy atom. The van der Waals surface area contributed by atoms with Crippen molar-refractivity contribution in [2.24, 2.45) is 5.41 Å². The van der Waals surface area contributed by atoms with Crippen molar-refractivity contribution in [2.45, 2.75) is 57.5 Å². The predicted octanol–water partition coefficient (Wildman–Crippen LogP) is 4.20. The molecule has 7 nitrogen and oxygen atoms in total. The van der Waals surface area contributed by atoms with Crippen molar-refractivity contribution >= 4 is 11.9 Å². The standard InChI is InChI=1S/C25H30F3N5O2/c1-17-13-33(18(2)12-32(17)22-11-29-21(10-30-22)25(26,27)28)23(34)35-20-8-24(9-20)15-31(16-24)14-19-6-4-3-5-7-19/h3-7,10-11,17-18,20H,8-9,12-16H2,1-2H3/t17-,18+/m0/s1/i3D,4D,6D,14D2. The fourth-order valence-electron chi connectivity index (χ4n) is 5.16. The summed E-state index contributed by atoms with van der Waals surface area (Å²) in [5, 5.41) is 0. The van der Waals surface area contributed by atoms with E-state index in [1.165, 1.54) is 12.1 Å². The molecule has 1 aromatic carbocycles. The summed E-state index contributed by atoms with van der Waals surface area (Å²) in [5.74, 6) is 0.308.